The molecule has 1 amide bonds. The molecule has 22 heavy (non-hydrogen) atoms. The van der Waals surface area contributed by atoms with Crippen molar-refractivity contribution >= 4 is 5.91 Å². The van der Waals surface area contributed by atoms with Crippen LogP contribution in [0.4, 0.5) is 0 Å². The lowest BCUT2D eigenvalue weighted by atomic mass is 10.0. The van der Waals surface area contributed by atoms with Crippen molar-refractivity contribution in [2.75, 3.05) is 13.7 Å². The Bertz CT molecular complexity index is 646. The topological polar surface area (TPSA) is 29.5 Å². The van der Waals surface area contributed by atoms with E-state index in [4.69, 9.17) is 4.74 Å². The minimum atomic E-state index is 0.123. The maximum absolute atomic E-state index is 12.8. The summed E-state index contributed by atoms with van der Waals surface area (Å²) in [7, 11) is 1.66. The fourth-order valence-corrected chi connectivity index (χ4v) is 3.04. The standard InChI is InChI=1S/C19H21NO2/c1-14-5-7-16(8-6-14)19(21)20-13-3-4-18(20)15-9-11-17(22-2)12-10-15/h5-12,18H,3-4,13H2,1-2H3/t18-/m1/s1. The normalized spacial score (nSPS) is 17.5. The lowest BCUT2D eigenvalue weighted by Gasteiger charge is -2.25. The summed E-state index contributed by atoms with van der Waals surface area (Å²) in [6.07, 6.45) is 2.07. The third kappa shape index (κ3) is 2.84. The van der Waals surface area contributed by atoms with Crippen LogP contribution in [0.5, 0.6) is 5.75 Å². The van der Waals surface area contributed by atoms with Crippen LogP contribution in [0, 0.1) is 6.92 Å². The van der Waals surface area contributed by atoms with Crippen LogP contribution in [0.2, 0.25) is 0 Å². The van der Waals surface area contributed by atoms with Crippen LogP contribution < -0.4 is 4.74 Å². The number of methoxy groups -OCH3 is 1. The summed E-state index contributed by atoms with van der Waals surface area (Å²) in [6, 6.07) is 16.0. The van der Waals surface area contributed by atoms with E-state index in [1.54, 1.807) is 7.11 Å². The second-order valence-electron chi connectivity index (χ2n) is 5.80. The van der Waals surface area contributed by atoms with E-state index in [-0.39, 0.29) is 11.9 Å². The zero-order chi connectivity index (χ0) is 15.5. The molecule has 3 heteroatoms. The van der Waals surface area contributed by atoms with Crippen molar-refractivity contribution in [3.8, 4) is 5.75 Å². The zero-order valence-electron chi connectivity index (χ0n) is 13.1. The smallest absolute Gasteiger partial charge is 0.254 e. The van der Waals surface area contributed by atoms with Gasteiger partial charge in [-0.1, -0.05) is 29.8 Å². The average Bonchev–Trinajstić information content (AvgIpc) is 3.04. The first-order valence-electron chi connectivity index (χ1n) is 7.70. The summed E-state index contributed by atoms with van der Waals surface area (Å²) < 4.78 is 5.21. The summed E-state index contributed by atoms with van der Waals surface area (Å²) in [5.41, 5.74) is 3.12. The van der Waals surface area contributed by atoms with Crippen LogP contribution >= 0.6 is 0 Å². The van der Waals surface area contributed by atoms with Crippen LogP contribution in [0.15, 0.2) is 48.5 Å². The molecule has 1 saturated heterocycles. The number of nitrogens with zero attached hydrogens (tertiary/aromatic N) is 1. The molecule has 0 bridgehead atoms. The maximum Gasteiger partial charge on any atom is 0.254 e. The molecule has 0 spiro atoms. The zero-order valence-corrected chi connectivity index (χ0v) is 13.1. The Morgan fingerprint density at radius 1 is 1.09 bits per heavy atom. The first-order valence-corrected chi connectivity index (χ1v) is 7.70. The highest BCUT2D eigenvalue weighted by molar-refractivity contribution is 5.94. The molecule has 1 fully saturated rings. The molecule has 1 heterocycles. The molecule has 0 N–H and O–H groups in total. The Hall–Kier alpha value is -2.29. The van der Waals surface area contributed by atoms with Gasteiger partial charge in [-0.3, -0.25) is 4.79 Å². The number of amides is 1. The highest BCUT2D eigenvalue weighted by Crippen LogP contribution is 2.33. The van der Waals surface area contributed by atoms with Gasteiger partial charge in [-0.25, -0.2) is 0 Å². The molecule has 1 aliphatic rings. The Kier molecular flexibility index (Phi) is 4.14. The SMILES string of the molecule is COc1ccc([C@H]2CCCN2C(=O)c2ccc(C)cc2)cc1. The van der Waals surface area contributed by atoms with E-state index in [2.05, 4.69) is 12.1 Å². The van der Waals surface area contributed by atoms with Crippen LogP contribution in [0.25, 0.3) is 0 Å². The van der Waals surface area contributed by atoms with Gasteiger partial charge in [0.15, 0.2) is 0 Å². The molecule has 114 valence electrons. The average molecular weight is 295 g/mol. The van der Waals surface area contributed by atoms with E-state index in [1.165, 1.54) is 11.1 Å². The quantitative estimate of drug-likeness (QED) is 0.857. The van der Waals surface area contributed by atoms with E-state index in [0.29, 0.717) is 0 Å². The Morgan fingerprint density at radius 3 is 2.41 bits per heavy atom. The van der Waals surface area contributed by atoms with Gasteiger partial charge < -0.3 is 9.64 Å². The molecule has 2 aromatic rings. The van der Waals surface area contributed by atoms with Gasteiger partial charge >= 0.3 is 0 Å². The van der Waals surface area contributed by atoms with E-state index < -0.39 is 0 Å². The summed E-state index contributed by atoms with van der Waals surface area (Å²) in [5.74, 6) is 0.969. The highest BCUT2D eigenvalue weighted by Gasteiger charge is 2.30. The molecule has 3 nitrogen and oxygen atoms in total. The van der Waals surface area contributed by atoms with Gasteiger partial charge in [0, 0.05) is 12.1 Å². The van der Waals surface area contributed by atoms with Crippen LogP contribution in [-0.2, 0) is 0 Å². The molecule has 0 saturated carbocycles. The van der Waals surface area contributed by atoms with Crippen molar-refractivity contribution in [2.45, 2.75) is 25.8 Å². The molecule has 0 aliphatic carbocycles. The van der Waals surface area contributed by atoms with Gasteiger partial charge in [-0.15, -0.1) is 0 Å². The number of likely N-dealkylation sites (tertiary alicyclic amines) is 1. The van der Waals surface area contributed by atoms with Crippen LogP contribution in [0.1, 0.15) is 40.4 Å². The largest absolute Gasteiger partial charge is 0.497 e. The molecule has 0 unspecified atom stereocenters. The minimum absolute atomic E-state index is 0.123. The molecule has 0 aromatic heterocycles. The Labute approximate surface area is 131 Å². The lowest BCUT2D eigenvalue weighted by Crippen LogP contribution is -2.30. The number of hydrogen-bond donors (Lipinski definition) is 0. The van der Waals surface area contributed by atoms with E-state index in [0.717, 1.165) is 30.7 Å². The number of aryl methyl sites for hydroxylation is 1. The summed E-state index contributed by atoms with van der Waals surface area (Å²) in [5, 5.41) is 0. The third-order valence-corrected chi connectivity index (χ3v) is 4.31. The van der Waals surface area contributed by atoms with Gasteiger partial charge in [-0.05, 0) is 49.6 Å². The van der Waals surface area contributed by atoms with E-state index >= 15 is 0 Å². The fraction of sp³-hybridized carbons (Fsp3) is 0.316. The minimum Gasteiger partial charge on any atom is -0.497 e. The second-order valence-corrected chi connectivity index (χ2v) is 5.80. The molecular weight excluding hydrogens is 274 g/mol. The second kappa shape index (κ2) is 6.22. The Balaban J connectivity index is 1.82. The van der Waals surface area contributed by atoms with E-state index in [1.807, 2.05) is 48.2 Å². The molecule has 3 rings (SSSR count). The number of benzene rings is 2. The van der Waals surface area contributed by atoms with Gasteiger partial charge in [0.1, 0.15) is 5.75 Å². The molecule has 1 aliphatic heterocycles. The van der Waals surface area contributed by atoms with E-state index in [9.17, 15) is 4.79 Å². The van der Waals surface area contributed by atoms with Crippen molar-refractivity contribution in [3.63, 3.8) is 0 Å². The predicted molar refractivity (Wildman–Crippen MR) is 87.2 cm³/mol. The summed E-state index contributed by atoms with van der Waals surface area (Å²) >= 11 is 0. The molecule has 1 atom stereocenters. The molecule has 2 aromatic carbocycles. The first-order chi connectivity index (χ1) is 10.7. The first kappa shape index (κ1) is 14.6. The van der Waals surface area contributed by atoms with Crippen LogP contribution in [-0.4, -0.2) is 24.5 Å². The highest BCUT2D eigenvalue weighted by atomic mass is 16.5. The number of hydrogen-bond acceptors (Lipinski definition) is 2. The fourth-order valence-electron chi connectivity index (χ4n) is 3.04. The van der Waals surface area contributed by atoms with Crippen molar-refractivity contribution in [1.29, 1.82) is 0 Å². The van der Waals surface area contributed by atoms with Crippen molar-refractivity contribution < 1.29 is 9.53 Å². The number of carbonyl (C=O) groups excluding carboxylic acids is 1. The number of ether oxygens (including phenoxy) is 1. The van der Waals surface area contributed by atoms with Crippen molar-refractivity contribution in [2.24, 2.45) is 0 Å². The monoisotopic (exact) mass is 295 g/mol. The van der Waals surface area contributed by atoms with Gasteiger partial charge in [0.2, 0.25) is 0 Å². The van der Waals surface area contributed by atoms with Crippen LogP contribution in [0.3, 0.4) is 0 Å². The van der Waals surface area contributed by atoms with Crippen molar-refractivity contribution in [3.05, 3.63) is 65.2 Å². The summed E-state index contributed by atoms with van der Waals surface area (Å²) in [4.78, 5) is 14.8. The van der Waals surface area contributed by atoms with Gasteiger partial charge in [-0.2, -0.15) is 0 Å². The Morgan fingerprint density at radius 2 is 1.77 bits per heavy atom. The van der Waals surface area contributed by atoms with Gasteiger partial charge in [0.25, 0.3) is 5.91 Å². The maximum atomic E-state index is 12.8. The molecular formula is C19H21NO2. The predicted octanol–water partition coefficient (Wildman–Crippen LogP) is 3.98. The third-order valence-electron chi connectivity index (χ3n) is 4.31. The number of rotatable bonds is 3. The lowest BCUT2D eigenvalue weighted by molar-refractivity contribution is 0.0735. The van der Waals surface area contributed by atoms with Gasteiger partial charge in [0.05, 0.1) is 13.2 Å². The van der Waals surface area contributed by atoms with Crippen molar-refractivity contribution in [1.82, 2.24) is 4.90 Å². The molecule has 0 radical (unpaired) electrons. The number of carbonyl (C=O) groups is 1. The summed E-state index contributed by atoms with van der Waals surface area (Å²) in [6.45, 7) is 2.85.